The van der Waals surface area contributed by atoms with E-state index in [1.165, 1.54) is 6.33 Å². The molecule has 4 N–H and O–H groups in total. The van der Waals surface area contributed by atoms with Crippen molar-refractivity contribution in [1.29, 1.82) is 0 Å². The van der Waals surface area contributed by atoms with Crippen LogP contribution in [-0.2, 0) is 0 Å². The average Bonchev–Trinajstić information content (AvgIpc) is 2.35. The number of nitrogens with zero attached hydrogens (tertiary/aromatic N) is 2. The molecule has 1 aromatic heterocycles. The number of rotatable bonds is 3. The predicted octanol–water partition coefficient (Wildman–Crippen LogP) is 2.81. The summed E-state index contributed by atoms with van der Waals surface area (Å²) in [5, 5.41) is 6.77. The molecule has 0 amide bonds. The maximum Gasteiger partial charge on any atom is 0.159 e. The molecule has 0 unspecified atom stereocenters. The number of hydrogen-bond acceptors (Lipinski definition) is 5. The second-order valence-corrected chi connectivity index (χ2v) is 4.26. The molecule has 0 aliphatic rings. The van der Waals surface area contributed by atoms with E-state index in [0.29, 0.717) is 22.3 Å². The lowest BCUT2D eigenvalue weighted by Crippen LogP contribution is -2.05. The molecule has 0 radical (unpaired) electrons. The van der Waals surface area contributed by atoms with Gasteiger partial charge >= 0.3 is 0 Å². The third-order valence-electron chi connectivity index (χ3n) is 2.56. The van der Waals surface area contributed by atoms with Gasteiger partial charge in [0.25, 0.3) is 0 Å². The number of halogens is 1. The van der Waals surface area contributed by atoms with E-state index >= 15 is 0 Å². The van der Waals surface area contributed by atoms with Crippen LogP contribution in [0.1, 0.15) is 5.56 Å². The van der Waals surface area contributed by atoms with Gasteiger partial charge in [-0.1, -0.05) is 11.6 Å². The lowest BCUT2D eigenvalue weighted by Gasteiger charge is -2.12. The Kier molecular flexibility index (Phi) is 3.53. The number of aryl methyl sites for hydroxylation is 1. The van der Waals surface area contributed by atoms with Gasteiger partial charge in [0.1, 0.15) is 12.0 Å². The Morgan fingerprint density at radius 2 is 1.94 bits per heavy atom. The van der Waals surface area contributed by atoms with E-state index in [1.807, 2.05) is 25.1 Å². The predicted molar refractivity (Wildman–Crippen MR) is 75.5 cm³/mol. The van der Waals surface area contributed by atoms with Gasteiger partial charge in [-0.3, -0.25) is 0 Å². The number of anilines is 4. The summed E-state index contributed by atoms with van der Waals surface area (Å²) in [6, 6.07) is 5.58. The minimum absolute atomic E-state index is 0.481. The average molecular weight is 264 g/mol. The van der Waals surface area contributed by atoms with Crippen LogP contribution in [0.25, 0.3) is 0 Å². The van der Waals surface area contributed by atoms with Crippen molar-refractivity contribution >= 4 is 34.6 Å². The molecule has 1 heterocycles. The fourth-order valence-electron chi connectivity index (χ4n) is 1.59. The fourth-order valence-corrected chi connectivity index (χ4v) is 1.82. The van der Waals surface area contributed by atoms with Gasteiger partial charge in [-0.05, 0) is 30.7 Å². The van der Waals surface area contributed by atoms with Crippen molar-refractivity contribution in [2.75, 3.05) is 23.4 Å². The van der Waals surface area contributed by atoms with E-state index in [0.717, 1.165) is 11.3 Å². The van der Waals surface area contributed by atoms with Crippen molar-refractivity contribution in [1.82, 2.24) is 9.97 Å². The van der Waals surface area contributed by atoms with Gasteiger partial charge in [0.05, 0.1) is 0 Å². The van der Waals surface area contributed by atoms with Crippen LogP contribution in [0.3, 0.4) is 0 Å². The summed E-state index contributed by atoms with van der Waals surface area (Å²) < 4.78 is 0. The molecule has 0 bridgehead atoms. The van der Waals surface area contributed by atoms with Crippen LogP contribution in [0.2, 0.25) is 5.02 Å². The molecular formula is C12H14ClN5. The van der Waals surface area contributed by atoms with Crippen LogP contribution in [0, 0.1) is 6.92 Å². The number of benzene rings is 1. The first kappa shape index (κ1) is 12.4. The number of aromatic nitrogens is 2. The molecule has 5 nitrogen and oxygen atoms in total. The Balaban J connectivity index is 2.34. The van der Waals surface area contributed by atoms with E-state index in [4.69, 9.17) is 17.3 Å². The zero-order valence-electron chi connectivity index (χ0n) is 10.2. The zero-order valence-corrected chi connectivity index (χ0v) is 10.9. The van der Waals surface area contributed by atoms with Crippen molar-refractivity contribution < 1.29 is 0 Å². The second-order valence-electron chi connectivity index (χ2n) is 3.82. The van der Waals surface area contributed by atoms with Crippen LogP contribution in [0.5, 0.6) is 0 Å². The summed E-state index contributed by atoms with van der Waals surface area (Å²) in [5.41, 5.74) is 8.36. The molecule has 0 atom stereocenters. The number of nitrogens with one attached hydrogen (secondary N) is 2. The number of nitrogen functional groups attached to an aromatic ring is 1. The van der Waals surface area contributed by atoms with Gasteiger partial charge in [0, 0.05) is 17.8 Å². The lowest BCUT2D eigenvalue weighted by atomic mass is 10.2. The Bertz CT molecular complexity index is 570. The molecule has 0 spiro atoms. The molecule has 0 aliphatic carbocycles. The van der Waals surface area contributed by atoms with Gasteiger partial charge in [0.15, 0.2) is 11.6 Å². The summed E-state index contributed by atoms with van der Waals surface area (Å²) in [6.45, 7) is 1.96. The van der Waals surface area contributed by atoms with Gasteiger partial charge in [-0.25, -0.2) is 9.97 Å². The summed E-state index contributed by atoms with van der Waals surface area (Å²) in [5.74, 6) is 1.17. The Morgan fingerprint density at radius 1 is 1.22 bits per heavy atom. The van der Waals surface area contributed by atoms with Crippen LogP contribution in [0.4, 0.5) is 23.0 Å². The molecule has 6 heteroatoms. The summed E-state index contributed by atoms with van der Waals surface area (Å²) in [7, 11) is 1.76. The van der Waals surface area contributed by atoms with Crippen LogP contribution in [0.15, 0.2) is 24.5 Å². The standard InChI is InChI=1S/C12H14ClN5/c1-7-5-8(13)3-4-9(7)18-12-10(14)11(15-2)16-6-17-12/h3-6H,14H2,1-2H3,(H2,15,16,17,18). The first-order valence-electron chi connectivity index (χ1n) is 5.43. The van der Waals surface area contributed by atoms with Gasteiger partial charge in [0.2, 0.25) is 0 Å². The highest BCUT2D eigenvalue weighted by Crippen LogP contribution is 2.28. The number of hydrogen-bond donors (Lipinski definition) is 3. The van der Waals surface area contributed by atoms with E-state index in [9.17, 15) is 0 Å². The Morgan fingerprint density at radius 3 is 2.61 bits per heavy atom. The molecule has 2 rings (SSSR count). The summed E-state index contributed by atoms with van der Waals surface area (Å²) in [4.78, 5) is 8.15. The van der Waals surface area contributed by atoms with Crippen molar-refractivity contribution in [2.45, 2.75) is 6.92 Å². The van der Waals surface area contributed by atoms with Crippen molar-refractivity contribution in [2.24, 2.45) is 0 Å². The molecule has 0 saturated carbocycles. The highest BCUT2D eigenvalue weighted by atomic mass is 35.5. The molecule has 1 aromatic carbocycles. The SMILES string of the molecule is CNc1ncnc(Nc2ccc(Cl)cc2C)c1N. The molecule has 0 fully saturated rings. The van der Waals surface area contributed by atoms with Crippen molar-refractivity contribution in [3.63, 3.8) is 0 Å². The first-order chi connectivity index (χ1) is 8.61. The molecule has 0 saturated heterocycles. The Labute approximate surface area is 110 Å². The third kappa shape index (κ3) is 2.46. The van der Waals surface area contributed by atoms with Crippen molar-refractivity contribution in [3.05, 3.63) is 35.1 Å². The highest BCUT2D eigenvalue weighted by Gasteiger charge is 2.08. The summed E-state index contributed by atoms with van der Waals surface area (Å²) >= 11 is 5.91. The minimum atomic E-state index is 0.481. The summed E-state index contributed by atoms with van der Waals surface area (Å²) in [6.07, 6.45) is 1.45. The zero-order chi connectivity index (χ0) is 13.1. The van der Waals surface area contributed by atoms with Crippen molar-refractivity contribution in [3.8, 4) is 0 Å². The van der Waals surface area contributed by atoms with Crippen LogP contribution in [-0.4, -0.2) is 17.0 Å². The lowest BCUT2D eigenvalue weighted by molar-refractivity contribution is 1.16. The second kappa shape index (κ2) is 5.10. The molecular weight excluding hydrogens is 250 g/mol. The van der Waals surface area contributed by atoms with Gasteiger partial charge < -0.3 is 16.4 Å². The maximum atomic E-state index is 5.95. The normalized spacial score (nSPS) is 10.2. The molecule has 0 aliphatic heterocycles. The Hall–Kier alpha value is -2.01. The fraction of sp³-hybridized carbons (Fsp3) is 0.167. The van der Waals surface area contributed by atoms with Gasteiger partial charge in [-0.15, -0.1) is 0 Å². The topological polar surface area (TPSA) is 75.9 Å². The van der Waals surface area contributed by atoms with E-state index in [2.05, 4.69) is 20.6 Å². The maximum absolute atomic E-state index is 5.95. The largest absolute Gasteiger partial charge is 0.393 e. The monoisotopic (exact) mass is 263 g/mol. The number of nitrogens with two attached hydrogens (primary N) is 1. The van der Waals surface area contributed by atoms with E-state index < -0.39 is 0 Å². The highest BCUT2D eigenvalue weighted by molar-refractivity contribution is 6.30. The van der Waals surface area contributed by atoms with Crippen LogP contribution < -0.4 is 16.4 Å². The quantitative estimate of drug-likeness (QED) is 0.794. The van der Waals surface area contributed by atoms with E-state index in [1.54, 1.807) is 7.05 Å². The minimum Gasteiger partial charge on any atom is -0.393 e. The van der Waals surface area contributed by atoms with Gasteiger partial charge in [-0.2, -0.15) is 0 Å². The first-order valence-corrected chi connectivity index (χ1v) is 5.81. The smallest absolute Gasteiger partial charge is 0.159 e. The molecule has 18 heavy (non-hydrogen) atoms. The molecule has 94 valence electrons. The van der Waals surface area contributed by atoms with Crippen LogP contribution >= 0.6 is 11.6 Å². The third-order valence-corrected chi connectivity index (χ3v) is 2.80. The van der Waals surface area contributed by atoms with E-state index in [-0.39, 0.29) is 0 Å². The molecule has 2 aromatic rings.